The van der Waals surface area contributed by atoms with E-state index in [1.165, 1.54) is 6.07 Å². The van der Waals surface area contributed by atoms with Crippen LogP contribution >= 0.6 is 11.6 Å². The van der Waals surface area contributed by atoms with E-state index in [2.05, 4.69) is 12.2 Å². The lowest BCUT2D eigenvalue weighted by Gasteiger charge is -2.12. The molecule has 1 atom stereocenters. The Labute approximate surface area is 107 Å². The van der Waals surface area contributed by atoms with Crippen molar-refractivity contribution in [1.82, 2.24) is 5.32 Å². The normalized spacial score (nSPS) is 12.7. The molecule has 1 aromatic rings. The number of nitrogens with one attached hydrogen (secondary N) is 1. The Balaban J connectivity index is 2.34. The maximum Gasteiger partial charge on any atom is 0.142 e. The third kappa shape index (κ3) is 5.48. The first-order valence-corrected chi connectivity index (χ1v) is 6.15. The van der Waals surface area contributed by atoms with Crippen LogP contribution in [0.25, 0.3) is 0 Å². The molecule has 1 rings (SSSR count). The minimum atomic E-state index is -0.344. The molecule has 0 aliphatic heterocycles. The highest BCUT2D eigenvalue weighted by molar-refractivity contribution is 6.30. The van der Waals surface area contributed by atoms with Crippen LogP contribution in [0.2, 0.25) is 5.02 Å². The molecule has 2 nitrogen and oxygen atoms in total. The van der Waals surface area contributed by atoms with Gasteiger partial charge in [0.05, 0.1) is 11.6 Å². The monoisotopic (exact) mass is 259 g/mol. The molecular weight excluding hydrogens is 241 g/mol. The van der Waals surface area contributed by atoms with E-state index in [9.17, 15) is 4.39 Å². The summed E-state index contributed by atoms with van der Waals surface area (Å²) in [4.78, 5) is 0. The summed E-state index contributed by atoms with van der Waals surface area (Å²) >= 11 is 5.63. The molecule has 0 radical (unpaired) electrons. The molecule has 0 aliphatic carbocycles. The van der Waals surface area contributed by atoms with Crippen LogP contribution in [0.15, 0.2) is 18.2 Å². The summed E-state index contributed by atoms with van der Waals surface area (Å²) < 4.78 is 18.2. The van der Waals surface area contributed by atoms with Crippen LogP contribution < -0.4 is 5.32 Å². The standard InChI is InChI=1S/C13H19ClFNO/c1-10(9-16-5-6-17-2)7-11-3-4-12(14)13(15)8-11/h3-4,8,10,16H,5-7,9H2,1-2H3. The fraction of sp³-hybridized carbons (Fsp3) is 0.538. The zero-order valence-electron chi connectivity index (χ0n) is 10.3. The third-order valence-electron chi connectivity index (χ3n) is 2.54. The first kappa shape index (κ1) is 14.4. The first-order valence-electron chi connectivity index (χ1n) is 5.77. The van der Waals surface area contributed by atoms with Crippen LogP contribution in [-0.2, 0) is 11.2 Å². The predicted octanol–water partition coefficient (Wildman–Crippen LogP) is 2.89. The molecule has 1 unspecified atom stereocenters. The molecule has 0 fully saturated rings. The van der Waals surface area contributed by atoms with E-state index in [4.69, 9.17) is 16.3 Å². The highest BCUT2D eigenvalue weighted by Crippen LogP contribution is 2.17. The minimum Gasteiger partial charge on any atom is -0.383 e. The second-order valence-corrected chi connectivity index (χ2v) is 4.66. The number of halogens is 2. The number of rotatable bonds is 7. The molecule has 0 amide bonds. The fourth-order valence-corrected chi connectivity index (χ4v) is 1.78. The highest BCUT2D eigenvalue weighted by Gasteiger charge is 2.06. The molecule has 96 valence electrons. The summed E-state index contributed by atoms with van der Waals surface area (Å²) in [5.74, 6) is 0.108. The van der Waals surface area contributed by atoms with E-state index < -0.39 is 0 Å². The smallest absolute Gasteiger partial charge is 0.142 e. The Morgan fingerprint density at radius 1 is 1.47 bits per heavy atom. The molecular formula is C13H19ClFNO. The van der Waals surface area contributed by atoms with Gasteiger partial charge in [0.15, 0.2) is 0 Å². The van der Waals surface area contributed by atoms with Crippen molar-refractivity contribution in [1.29, 1.82) is 0 Å². The van der Waals surface area contributed by atoms with Crippen molar-refractivity contribution < 1.29 is 9.13 Å². The Hall–Kier alpha value is -0.640. The number of hydrogen-bond acceptors (Lipinski definition) is 2. The molecule has 1 N–H and O–H groups in total. The van der Waals surface area contributed by atoms with E-state index in [1.807, 2.05) is 6.07 Å². The fourth-order valence-electron chi connectivity index (χ4n) is 1.66. The van der Waals surface area contributed by atoms with E-state index in [0.29, 0.717) is 12.5 Å². The summed E-state index contributed by atoms with van der Waals surface area (Å²) in [6.07, 6.45) is 0.841. The average Bonchev–Trinajstić information content (AvgIpc) is 2.30. The average molecular weight is 260 g/mol. The van der Waals surface area contributed by atoms with Crippen molar-refractivity contribution in [2.75, 3.05) is 26.8 Å². The van der Waals surface area contributed by atoms with Gasteiger partial charge in [-0.15, -0.1) is 0 Å². The van der Waals surface area contributed by atoms with Gasteiger partial charge >= 0.3 is 0 Å². The van der Waals surface area contributed by atoms with Crippen LogP contribution in [0.3, 0.4) is 0 Å². The maximum atomic E-state index is 13.2. The highest BCUT2D eigenvalue weighted by atomic mass is 35.5. The second kappa shape index (κ2) is 7.64. The Bertz CT molecular complexity index is 346. The van der Waals surface area contributed by atoms with Gasteiger partial charge in [0, 0.05) is 13.7 Å². The van der Waals surface area contributed by atoms with Gasteiger partial charge in [0.25, 0.3) is 0 Å². The summed E-state index contributed by atoms with van der Waals surface area (Å²) in [6.45, 7) is 4.58. The van der Waals surface area contributed by atoms with Gasteiger partial charge in [-0.1, -0.05) is 24.6 Å². The third-order valence-corrected chi connectivity index (χ3v) is 2.85. The summed E-state index contributed by atoms with van der Waals surface area (Å²) in [5, 5.41) is 3.47. The maximum absolute atomic E-state index is 13.2. The molecule has 0 saturated heterocycles. The lowest BCUT2D eigenvalue weighted by Crippen LogP contribution is -2.25. The van der Waals surface area contributed by atoms with Crippen LogP contribution in [0, 0.1) is 11.7 Å². The molecule has 17 heavy (non-hydrogen) atoms. The van der Waals surface area contributed by atoms with Crippen LogP contribution in [0.4, 0.5) is 4.39 Å². The topological polar surface area (TPSA) is 21.3 Å². The number of benzene rings is 1. The SMILES string of the molecule is COCCNCC(C)Cc1ccc(Cl)c(F)c1. The number of ether oxygens (including phenoxy) is 1. The number of methoxy groups -OCH3 is 1. The molecule has 0 bridgehead atoms. The Kier molecular flexibility index (Phi) is 6.48. The summed E-state index contributed by atoms with van der Waals surface area (Å²) in [5.41, 5.74) is 0.980. The van der Waals surface area contributed by atoms with Crippen molar-refractivity contribution in [2.24, 2.45) is 5.92 Å². The van der Waals surface area contributed by atoms with E-state index in [1.54, 1.807) is 13.2 Å². The van der Waals surface area contributed by atoms with E-state index >= 15 is 0 Å². The second-order valence-electron chi connectivity index (χ2n) is 4.25. The lowest BCUT2D eigenvalue weighted by atomic mass is 10.0. The van der Waals surface area contributed by atoms with Gasteiger partial charge in [0.1, 0.15) is 5.82 Å². The van der Waals surface area contributed by atoms with Crippen molar-refractivity contribution in [3.05, 3.63) is 34.6 Å². The zero-order valence-corrected chi connectivity index (χ0v) is 11.1. The van der Waals surface area contributed by atoms with Gasteiger partial charge in [-0.3, -0.25) is 0 Å². The zero-order chi connectivity index (χ0) is 12.7. The largest absolute Gasteiger partial charge is 0.383 e. The minimum absolute atomic E-state index is 0.180. The van der Waals surface area contributed by atoms with E-state index in [0.717, 1.165) is 25.1 Å². The molecule has 0 heterocycles. The Morgan fingerprint density at radius 3 is 2.88 bits per heavy atom. The van der Waals surface area contributed by atoms with Gasteiger partial charge in [-0.2, -0.15) is 0 Å². The van der Waals surface area contributed by atoms with Crippen LogP contribution in [0.1, 0.15) is 12.5 Å². The lowest BCUT2D eigenvalue weighted by molar-refractivity contribution is 0.198. The Morgan fingerprint density at radius 2 is 2.24 bits per heavy atom. The van der Waals surface area contributed by atoms with Crippen LogP contribution in [-0.4, -0.2) is 26.8 Å². The van der Waals surface area contributed by atoms with E-state index in [-0.39, 0.29) is 10.8 Å². The summed E-state index contributed by atoms with van der Waals surface area (Å²) in [7, 11) is 1.68. The van der Waals surface area contributed by atoms with Crippen molar-refractivity contribution in [3.8, 4) is 0 Å². The van der Waals surface area contributed by atoms with Gasteiger partial charge in [-0.25, -0.2) is 4.39 Å². The molecule has 0 aromatic heterocycles. The molecule has 0 aliphatic rings. The molecule has 0 saturated carbocycles. The first-order chi connectivity index (χ1) is 8.13. The van der Waals surface area contributed by atoms with Gasteiger partial charge < -0.3 is 10.1 Å². The van der Waals surface area contributed by atoms with Crippen molar-refractivity contribution >= 4 is 11.6 Å². The summed E-state index contributed by atoms with van der Waals surface area (Å²) in [6, 6.07) is 4.99. The van der Waals surface area contributed by atoms with Crippen molar-refractivity contribution in [3.63, 3.8) is 0 Å². The molecule has 0 spiro atoms. The quantitative estimate of drug-likeness (QED) is 0.761. The predicted molar refractivity (Wildman–Crippen MR) is 69.0 cm³/mol. The molecule has 1 aromatic carbocycles. The van der Waals surface area contributed by atoms with Gasteiger partial charge in [-0.05, 0) is 36.6 Å². The molecule has 4 heteroatoms. The van der Waals surface area contributed by atoms with Gasteiger partial charge in [0.2, 0.25) is 0 Å². The number of hydrogen-bond donors (Lipinski definition) is 1. The van der Waals surface area contributed by atoms with Crippen molar-refractivity contribution in [2.45, 2.75) is 13.3 Å². The van der Waals surface area contributed by atoms with Crippen LogP contribution in [0.5, 0.6) is 0 Å².